The van der Waals surface area contributed by atoms with E-state index in [0.29, 0.717) is 0 Å². The minimum Gasteiger partial charge on any atom is -0.454 e. The number of nitrogens with one attached hydrogen (secondary N) is 1. The van der Waals surface area contributed by atoms with Crippen LogP contribution < -0.4 is 16.0 Å². The lowest BCUT2D eigenvalue weighted by Gasteiger charge is -2.08. The van der Waals surface area contributed by atoms with Gasteiger partial charge in [0.25, 0.3) is 0 Å². The van der Waals surface area contributed by atoms with E-state index in [1.54, 1.807) is 25.1 Å². The van der Waals surface area contributed by atoms with Crippen molar-refractivity contribution in [3.05, 3.63) is 65.6 Å². The molecule has 1 aromatic rings. The molecule has 0 spiro atoms. The molecule has 0 saturated heterocycles. The first-order valence-corrected chi connectivity index (χ1v) is 5.68. The van der Waals surface area contributed by atoms with Crippen LogP contribution in [0.2, 0.25) is 0 Å². The molecule has 0 saturated carbocycles. The van der Waals surface area contributed by atoms with Crippen LogP contribution in [-0.2, 0) is 0 Å². The number of halogens is 2. The van der Waals surface area contributed by atoms with E-state index in [4.69, 9.17) is 10.6 Å². The molecule has 3 N–H and O–H groups in total. The summed E-state index contributed by atoms with van der Waals surface area (Å²) in [6, 6.07) is 5.90. The van der Waals surface area contributed by atoms with Gasteiger partial charge in [-0.3, -0.25) is 5.84 Å². The topological polar surface area (TPSA) is 47.3 Å². The van der Waals surface area contributed by atoms with Gasteiger partial charge in [-0.25, -0.2) is 8.78 Å². The van der Waals surface area contributed by atoms with Crippen LogP contribution in [0.25, 0.3) is 0 Å². The molecule has 1 aromatic carbocycles. The maximum Gasteiger partial charge on any atom is 0.165 e. The van der Waals surface area contributed by atoms with E-state index in [0.717, 1.165) is 6.08 Å². The Morgan fingerprint density at radius 3 is 2.63 bits per heavy atom. The molecule has 0 aromatic heterocycles. The lowest BCUT2D eigenvalue weighted by molar-refractivity contribution is 0.409. The number of hydrazine groups is 1. The molecule has 0 fully saturated rings. The van der Waals surface area contributed by atoms with Crippen LogP contribution in [0.4, 0.5) is 8.78 Å². The molecule has 0 aliphatic carbocycles. The molecule has 0 radical (unpaired) electrons. The summed E-state index contributed by atoms with van der Waals surface area (Å²) in [5, 5.41) is 0. The van der Waals surface area contributed by atoms with Gasteiger partial charge in [0.05, 0.1) is 5.70 Å². The lowest BCUT2D eigenvalue weighted by atomic mass is 10.3. The fraction of sp³-hybridized carbons (Fsp3) is 0.143. The highest BCUT2D eigenvalue weighted by molar-refractivity contribution is 5.31. The first-order chi connectivity index (χ1) is 9.08. The zero-order valence-electron chi connectivity index (χ0n) is 10.8. The highest BCUT2D eigenvalue weighted by Crippen LogP contribution is 2.20. The van der Waals surface area contributed by atoms with Gasteiger partial charge < -0.3 is 10.2 Å². The van der Waals surface area contributed by atoms with Crippen LogP contribution in [0.15, 0.2) is 59.8 Å². The molecule has 0 amide bonds. The second-order valence-electron chi connectivity index (χ2n) is 3.70. The van der Waals surface area contributed by atoms with Crippen LogP contribution in [0.1, 0.15) is 13.8 Å². The second kappa shape index (κ2) is 7.33. The summed E-state index contributed by atoms with van der Waals surface area (Å²) in [4.78, 5) is 0. The minimum atomic E-state index is -0.591. The van der Waals surface area contributed by atoms with Gasteiger partial charge in [0, 0.05) is 6.08 Å². The number of benzene rings is 1. The van der Waals surface area contributed by atoms with E-state index in [-0.39, 0.29) is 17.2 Å². The van der Waals surface area contributed by atoms with E-state index in [1.165, 1.54) is 25.1 Å². The first-order valence-electron chi connectivity index (χ1n) is 5.68. The average Bonchev–Trinajstić information content (AvgIpc) is 2.40. The SMILES string of the molecule is C/C=C/C(=C\C(F)=C(/C)NN)Oc1ccccc1F. The van der Waals surface area contributed by atoms with Crippen molar-refractivity contribution in [2.45, 2.75) is 13.8 Å². The van der Waals surface area contributed by atoms with E-state index < -0.39 is 11.6 Å². The molecule has 0 aliphatic heterocycles. The largest absolute Gasteiger partial charge is 0.454 e. The van der Waals surface area contributed by atoms with Gasteiger partial charge in [-0.1, -0.05) is 18.2 Å². The van der Waals surface area contributed by atoms with Crippen LogP contribution in [0, 0.1) is 5.82 Å². The van der Waals surface area contributed by atoms with Crippen molar-refractivity contribution in [1.82, 2.24) is 5.43 Å². The fourth-order valence-electron chi connectivity index (χ4n) is 1.23. The van der Waals surface area contributed by atoms with Gasteiger partial charge in [-0.15, -0.1) is 0 Å². The monoisotopic (exact) mass is 266 g/mol. The predicted octanol–water partition coefficient (Wildman–Crippen LogP) is 3.33. The van der Waals surface area contributed by atoms with Gasteiger partial charge in [-0.2, -0.15) is 0 Å². The van der Waals surface area contributed by atoms with Crippen LogP contribution in [0.5, 0.6) is 5.75 Å². The Bertz CT molecular complexity index is 522. The third-order valence-electron chi connectivity index (χ3n) is 2.24. The average molecular weight is 266 g/mol. The van der Waals surface area contributed by atoms with Gasteiger partial charge in [-0.05, 0) is 32.1 Å². The highest BCUT2D eigenvalue weighted by atomic mass is 19.1. The van der Waals surface area contributed by atoms with Crippen molar-refractivity contribution < 1.29 is 13.5 Å². The maximum atomic E-state index is 13.6. The van der Waals surface area contributed by atoms with Crippen LogP contribution >= 0.6 is 0 Å². The number of rotatable bonds is 5. The van der Waals surface area contributed by atoms with Gasteiger partial charge in [0.1, 0.15) is 11.6 Å². The second-order valence-corrected chi connectivity index (χ2v) is 3.70. The van der Waals surface area contributed by atoms with E-state index >= 15 is 0 Å². The van der Waals surface area contributed by atoms with Crippen molar-refractivity contribution in [3.8, 4) is 5.75 Å². The summed E-state index contributed by atoms with van der Waals surface area (Å²) in [6.45, 7) is 3.22. The van der Waals surface area contributed by atoms with Gasteiger partial charge in [0.2, 0.25) is 0 Å². The Morgan fingerprint density at radius 2 is 2.05 bits per heavy atom. The summed E-state index contributed by atoms with van der Waals surface area (Å²) in [6.07, 6.45) is 4.31. The smallest absolute Gasteiger partial charge is 0.165 e. The third kappa shape index (κ3) is 4.56. The Labute approximate surface area is 111 Å². The maximum absolute atomic E-state index is 13.6. The third-order valence-corrected chi connectivity index (χ3v) is 2.24. The summed E-state index contributed by atoms with van der Waals surface area (Å²) < 4.78 is 32.4. The van der Waals surface area contributed by atoms with Crippen LogP contribution in [-0.4, -0.2) is 0 Å². The number of nitrogens with two attached hydrogens (primary N) is 1. The molecular formula is C14H16F2N2O. The quantitative estimate of drug-likeness (QED) is 0.372. The zero-order valence-corrected chi connectivity index (χ0v) is 10.8. The van der Waals surface area contributed by atoms with Crippen molar-refractivity contribution in [1.29, 1.82) is 0 Å². The molecule has 0 aliphatic rings. The predicted molar refractivity (Wildman–Crippen MR) is 71.1 cm³/mol. The van der Waals surface area contributed by atoms with E-state index in [9.17, 15) is 8.78 Å². The molecule has 19 heavy (non-hydrogen) atoms. The molecule has 0 unspecified atom stereocenters. The number of hydrogen-bond donors (Lipinski definition) is 2. The number of allylic oxidation sites excluding steroid dienone is 5. The molecule has 0 bridgehead atoms. The van der Waals surface area contributed by atoms with Crippen molar-refractivity contribution in [2.24, 2.45) is 5.84 Å². The standard InChI is InChI=1S/C14H16F2N2O/c1-3-6-11(9-13(16)10(2)18-17)19-14-8-5-4-7-12(14)15/h3-9,18H,17H2,1-2H3/b6-3+,11-9+,13-10-. The Morgan fingerprint density at radius 1 is 1.37 bits per heavy atom. The summed E-state index contributed by atoms with van der Waals surface area (Å²) >= 11 is 0. The van der Waals surface area contributed by atoms with Crippen molar-refractivity contribution in [3.63, 3.8) is 0 Å². The molecule has 0 atom stereocenters. The first kappa shape index (κ1) is 14.9. The highest BCUT2D eigenvalue weighted by Gasteiger charge is 2.05. The number of para-hydroxylation sites is 1. The Hall–Kier alpha value is -2.14. The van der Waals surface area contributed by atoms with Crippen molar-refractivity contribution >= 4 is 0 Å². The normalized spacial score (nSPS) is 13.4. The van der Waals surface area contributed by atoms with Gasteiger partial charge in [0.15, 0.2) is 11.6 Å². The molecule has 0 heterocycles. The van der Waals surface area contributed by atoms with E-state index in [2.05, 4.69) is 5.43 Å². The Balaban J connectivity index is 3.03. The van der Waals surface area contributed by atoms with E-state index in [1.807, 2.05) is 0 Å². The number of ether oxygens (including phenoxy) is 1. The zero-order chi connectivity index (χ0) is 14.3. The molecule has 1 rings (SSSR count). The molecular weight excluding hydrogens is 250 g/mol. The molecule has 3 nitrogen and oxygen atoms in total. The van der Waals surface area contributed by atoms with Crippen LogP contribution in [0.3, 0.4) is 0 Å². The lowest BCUT2D eigenvalue weighted by Crippen LogP contribution is -2.19. The number of hydrogen-bond acceptors (Lipinski definition) is 3. The van der Waals surface area contributed by atoms with Crippen molar-refractivity contribution in [2.75, 3.05) is 0 Å². The summed E-state index contributed by atoms with van der Waals surface area (Å²) in [5.41, 5.74) is 2.35. The summed E-state index contributed by atoms with van der Waals surface area (Å²) in [5.74, 6) is 4.19. The Kier molecular flexibility index (Phi) is 5.75. The molecule has 5 heteroatoms. The van der Waals surface area contributed by atoms with Gasteiger partial charge >= 0.3 is 0 Å². The summed E-state index contributed by atoms with van der Waals surface area (Å²) in [7, 11) is 0. The fourth-order valence-corrected chi connectivity index (χ4v) is 1.23. The minimum absolute atomic E-state index is 0.0259. The molecule has 102 valence electrons.